The van der Waals surface area contributed by atoms with E-state index in [4.69, 9.17) is 11.6 Å². The van der Waals surface area contributed by atoms with Crippen LogP contribution < -0.4 is 5.32 Å². The summed E-state index contributed by atoms with van der Waals surface area (Å²) in [6.07, 6.45) is 2.79. The van der Waals surface area contributed by atoms with Crippen LogP contribution in [0.4, 0.5) is 0 Å². The fourth-order valence-corrected chi connectivity index (χ4v) is 3.07. The molecule has 7 heteroatoms. The highest BCUT2D eigenvalue weighted by Crippen LogP contribution is 2.09. The van der Waals surface area contributed by atoms with Gasteiger partial charge in [-0.3, -0.25) is 4.79 Å². The average molecular weight is 347 g/mol. The predicted octanol–water partition coefficient (Wildman–Crippen LogP) is 2.06. The van der Waals surface area contributed by atoms with Crippen molar-refractivity contribution in [2.24, 2.45) is 0 Å². The Morgan fingerprint density at radius 1 is 1.23 bits per heavy atom. The van der Waals surface area contributed by atoms with E-state index < -0.39 is 10.0 Å². The zero-order chi connectivity index (χ0) is 16.6. The summed E-state index contributed by atoms with van der Waals surface area (Å²) in [6, 6.07) is 7.46. The Labute approximate surface area is 137 Å². The second kappa shape index (κ2) is 9.12. The molecular weight excluding hydrogens is 324 g/mol. The number of rotatable bonds is 9. The number of hydrogen-bond donors (Lipinski definition) is 1. The standard InChI is InChI=1S/C15H23ClN2O3S/c1-3-11-18(22(2,20)21)12-9-15(19)17-10-8-13-4-6-14(16)7-5-13/h4-7H,3,8-12H2,1-2H3,(H,17,19). The SMILES string of the molecule is CCCN(CCC(=O)NCCc1ccc(Cl)cc1)S(C)(=O)=O. The van der Waals surface area contributed by atoms with Crippen molar-refractivity contribution in [2.45, 2.75) is 26.2 Å². The average Bonchev–Trinajstić information content (AvgIpc) is 2.44. The maximum atomic E-state index is 11.8. The van der Waals surface area contributed by atoms with E-state index in [1.807, 2.05) is 31.2 Å². The molecule has 1 aromatic rings. The number of nitrogens with one attached hydrogen (secondary N) is 1. The van der Waals surface area contributed by atoms with Crippen LogP contribution in [0.15, 0.2) is 24.3 Å². The summed E-state index contributed by atoms with van der Waals surface area (Å²) in [5, 5.41) is 3.49. The molecule has 0 unspecified atom stereocenters. The van der Waals surface area contributed by atoms with Gasteiger partial charge in [0.15, 0.2) is 0 Å². The Bertz CT molecular complexity index is 573. The molecule has 1 amide bonds. The van der Waals surface area contributed by atoms with Gasteiger partial charge in [0.25, 0.3) is 0 Å². The molecule has 0 aliphatic rings. The number of carbonyl (C=O) groups is 1. The molecule has 1 aromatic carbocycles. The van der Waals surface area contributed by atoms with Crippen LogP contribution in [0.25, 0.3) is 0 Å². The van der Waals surface area contributed by atoms with Crippen LogP contribution in [0.1, 0.15) is 25.3 Å². The maximum Gasteiger partial charge on any atom is 0.221 e. The Morgan fingerprint density at radius 2 is 1.86 bits per heavy atom. The lowest BCUT2D eigenvalue weighted by atomic mass is 10.1. The van der Waals surface area contributed by atoms with Gasteiger partial charge in [-0.2, -0.15) is 0 Å². The number of sulfonamides is 1. The first-order valence-corrected chi connectivity index (χ1v) is 9.52. The molecular formula is C15H23ClN2O3S. The molecule has 0 saturated carbocycles. The van der Waals surface area contributed by atoms with Gasteiger partial charge in [-0.1, -0.05) is 30.7 Å². The fraction of sp³-hybridized carbons (Fsp3) is 0.533. The lowest BCUT2D eigenvalue weighted by molar-refractivity contribution is -0.121. The van der Waals surface area contributed by atoms with E-state index in [-0.39, 0.29) is 18.9 Å². The molecule has 0 spiro atoms. The van der Waals surface area contributed by atoms with E-state index in [9.17, 15) is 13.2 Å². The van der Waals surface area contributed by atoms with Crippen LogP contribution >= 0.6 is 11.6 Å². The van der Waals surface area contributed by atoms with Gasteiger partial charge >= 0.3 is 0 Å². The highest BCUT2D eigenvalue weighted by Gasteiger charge is 2.16. The zero-order valence-corrected chi connectivity index (χ0v) is 14.6. The minimum absolute atomic E-state index is 0.140. The third-order valence-corrected chi connectivity index (χ3v) is 4.73. The molecule has 0 fully saturated rings. The van der Waals surface area contributed by atoms with Gasteiger partial charge in [0.2, 0.25) is 15.9 Å². The van der Waals surface area contributed by atoms with Crippen molar-refractivity contribution in [3.05, 3.63) is 34.9 Å². The molecule has 124 valence electrons. The first kappa shape index (κ1) is 18.9. The summed E-state index contributed by atoms with van der Waals surface area (Å²) in [7, 11) is -3.25. The van der Waals surface area contributed by atoms with Gasteiger partial charge in [-0.05, 0) is 30.5 Å². The van der Waals surface area contributed by atoms with Gasteiger partial charge in [-0.25, -0.2) is 12.7 Å². The maximum absolute atomic E-state index is 11.8. The lowest BCUT2D eigenvalue weighted by Crippen LogP contribution is -2.35. The summed E-state index contributed by atoms with van der Waals surface area (Å²) in [5.74, 6) is -0.140. The monoisotopic (exact) mass is 346 g/mol. The Hall–Kier alpha value is -1.11. The Kier molecular flexibility index (Phi) is 7.85. The highest BCUT2D eigenvalue weighted by atomic mass is 35.5. The van der Waals surface area contributed by atoms with Gasteiger partial charge in [-0.15, -0.1) is 0 Å². The van der Waals surface area contributed by atoms with E-state index in [0.29, 0.717) is 24.5 Å². The molecule has 0 aliphatic heterocycles. The molecule has 0 atom stereocenters. The minimum Gasteiger partial charge on any atom is -0.356 e. The second-order valence-electron chi connectivity index (χ2n) is 5.14. The first-order chi connectivity index (χ1) is 10.3. The predicted molar refractivity (Wildman–Crippen MR) is 89.5 cm³/mol. The van der Waals surface area contributed by atoms with E-state index in [0.717, 1.165) is 12.0 Å². The van der Waals surface area contributed by atoms with Crippen molar-refractivity contribution in [1.82, 2.24) is 9.62 Å². The smallest absolute Gasteiger partial charge is 0.221 e. The van der Waals surface area contributed by atoms with Crippen LogP contribution in [0.5, 0.6) is 0 Å². The lowest BCUT2D eigenvalue weighted by Gasteiger charge is -2.18. The first-order valence-electron chi connectivity index (χ1n) is 7.29. The number of benzene rings is 1. The van der Waals surface area contributed by atoms with Gasteiger partial charge in [0, 0.05) is 31.1 Å². The third kappa shape index (κ3) is 7.24. The topological polar surface area (TPSA) is 66.5 Å². The van der Waals surface area contributed by atoms with Crippen molar-refractivity contribution in [2.75, 3.05) is 25.9 Å². The molecule has 0 aliphatic carbocycles. The van der Waals surface area contributed by atoms with Crippen molar-refractivity contribution in [1.29, 1.82) is 0 Å². The van der Waals surface area contributed by atoms with E-state index in [1.54, 1.807) is 0 Å². The molecule has 0 saturated heterocycles. The third-order valence-electron chi connectivity index (χ3n) is 3.18. The summed E-state index contributed by atoms with van der Waals surface area (Å²) < 4.78 is 24.4. The van der Waals surface area contributed by atoms with E-state index in [2.05, 4.69) is 5.32 Å². The summed E-state index contributed by atoms with van der Waals surface area (Å²) in [4.78, 5) is 11.8. The van der Waals surface area contributed by atoms with Crippen molar-refractivity contribution in [3.8, 4) is 0 Å². The van der Waals surface area contributed by atoms with Crippen LogP contribution in [0.2, 0.25) is 5.02 Å². The summed E-state index contributed by atoms with van der Waals surface area (Å²) in [5.41, 5.74) is 1.09. The summed E-state index contributed by atoms with van der Waals surface area (Å²) >= 11 is 5.81. The number of carbonyl (C=O) groups excluding carboxylic acids is 1. The molecule has 0 radical (unpaired) electrons. The summed E-state index contributed by atoms with van der Waals surface area (Å²) in [6.45, 7) is 3.09. The molecule has 0 heterocycles. The molecule has 1 rings (SSSR count). The van der Waals surface area contributed by atoms with Crippen LogP contribution in [-0.2, 0) is 21.2 Å². The van der Waals surface area contributed by atoms with Gasteiger partial charge in [0.1, 0.15) is 0 Å². The number of nitrogens with zero attached hydrogens (tertiary/aromatic N) is 1. The van der Waals surface area contributed by atoms with Crippen molar-refractivity contribution < 1.29 is 13.2 Å². The van der Waals surface area contributed by atoms with Gasteiger partial charge < -0.3 is 5.32 Å². The minimum atomic E-state index is -3.25. The molecule has 0 aromatic heterocycles. The van der Waals surface area contributed by atoms with Crippen LogP contribution in [-0.4, -0.2) is 44.5 Å². The second-order valence-corrected chi connectivity index (χ2v) is 7.56. The van der Waals surface area contributed by atoms with Crippen LogP contribution in [0, 0.1) is 0 Å². The fourth-order valence-electron chi connectivity index (χ4n) is 2.00. The molecule has 5 nitrogen and oxygen atoms in total. The van der Waals surface area contributed by atoms with E-state index in [1.165, 1.54) is 10.6 Å². The molecule has 1 N–H and O–H groups in total. The van der Waals surface area contributed by atoms with Gasteiger partial charge in [0.05, 0.1) is 6.26 Å². The largest absolute Gasteiger partial charge is 0.356 e. The zero-order valence-electron chi connectivity index (χ0n) is 13.0. The Balaban J connectivity index is 2.32. The van der Waals surface area contributed by atoms with Crippen LogP contribution in [0.3, 0.4) is 0 Å². The molecule has 0 bridgehead atoms. The Morgan fingerprint density at radius 3 is 2.41 bits per heavy atom. The van der Waals surface area contributed by atoms with Crippen molar-refractivity contribution in [3.63, 3.8) is 0 Å². The quantitative estimate of drug-likeness (QED) is 0.744. The number of amides is 1. The normalized spacial score (nSPS) is 11.6. The number of hydrogen-bond acceptors (Lipinski definition) is 3. The van der Waals surface area contributed by atoms with Crippen molar-refractivity contribution >= 4 is 27.5 Å². The molecule has 22 heavy (non-hydrogen) atoms. The highest BCUT2D eigenvalue weighted by molar-refractivity contribution is 7.88. The number of halogens is 1. The van der Waals surface area contributed by atoms with E-state index >= 15 is 0 Å².